The fourth-order valence-corrected chi connectivity index (χ4v) is 2.92. The molecular weight excluding hydrogens is 338 g/mol. The normalized spacial score (nSPS) is 14.6. The summed E-state index contributed by atoms with van der Waals surface area (Å²) in [7, 11) is 0. The van der Waals surface area contributed by atoms with E-state index < -0.39 is 17.7 Å². The molecule has 3 amide bonds. The Morgan fingerprint density at radius 3 is 2.42 bits per heavy atom. The van der Waals surface area contributed by atoms with Crippen LogP contribution in [0.5, 0.6) is 0 Å². The van der Waals surface area contributed by atoms with Gasteiger partial charge in [-0.25, -0.2) is 4.90 Å². The topological polar surface area (TPSA) is 110 Å². The van der Waals surface area contributed by atoms with Crippen molar-refractivity contribution in [3.05, 3.63) is 24.3 Å². The summed E-state index contributed by atoms with van der Waals surface area (Å²) in [6, 6.07) is 6.22. The number of carbonyl (C=O) groups excluding carboxylic acids is 4. The van der Waals surface area contributed by atoms with E-state index in [9.17, 15) is 19.2 Å². The van der Waals surface area contributed by atoms with Crippen LogP contribution >= 0.6 is 0 Å². The lowest BCUT2D eigenvalue weighted by molar-refractivity contribution is -0.152. The molecule has 1 aromatic carbocycles. The lowest BCUT2D eigenvalue weighted by Gasteiger charge is -2.31. The SMILES string of the molecule is CCOC(=O)C1CCN(C(=O)C(=O)N(C(C)=O)c2cccc(N)c2)CC1. The van der Waals surface area contributed by atoms with E-state index in [-0.39, 0.29) is 30.7 Å². The van der Waals surface area contributed by atoms with Crippen LogP contribution in [0.25, 0.3) is 0 Å². The second-order valence-corrected chi connectivity index (χ2v) is 6.07. The third kappa shape index (κ3) is 4.38. The molecule has 1 saturated heterocycles. The standard InChI is InChI=1S/C18H23N3O5/c1-3-26-18(25)13-7-9-20(10-8-13)16(23)17(24)21(12(2)22)15-6-4-5-14(19)11-15/h4-6,11,13H,3,7-10,19H2,1-2H3. The number of ether oxygens (including phenoxy) is 1. The number of carbonyl (C=O) groups is 4. The molecule has 2 N–H and O–H groups in total. The molecule has 1 aliphatic rings. The Morgan fingerprint density at radius 2 is 1.88 bits per heavy atom. The quantitative estimate of drug-likeness (QED) is 0.488. The first-order valence-electron chi connectivity index (χ1n) is 8.51. The molecule has 2 rings (SSSR count). The Balaban J connectivity index is 2.07. The Kier molecular flexibility index (Phi) is 6.32. The van der Waals surface area contributed by atoms with Crippen molar-refractivity contribution in [2.75, 3.05) is 30.3 Å². The fraction of sp³-hybridized carbons (Fsp3) is 0.444. The van der Waals surface area contributed by atoms with Crippen molar-refractivity contribution in [3.8, 4) is 0 Å². The summed E-state index contributed by atoms with van der Waals surface area (Å²) in [6.45, 7) is 3.78. The number of hydrogen-bond donors (Lipinski definition) is 1. The zero-order valence-electron chi connectivity index (χ0n) is 14.9. The summed E-state index contributed by atoms with van der Waals surface area (Å²) >= 11 is 0. The zero-order chi connectivity index (χ0) is 19.3. The number of benzene rings is 1. The summed E-state index contributed by atoms with van der Waals surface area (Å²) in [5, 5.41) is 0. The highest BCUT2D eigenvalue weighted by Crippen LogP contribution is 2.21. The maximum absolute atomic E-state index is 12.6. The van der Waals surface area contributed by atoms with Crippen LogP contribution in [0.4, 0.5) is 11.4 Å². The number of anilines is 2. The van der Waals surface area contributed by atoms with Gasteiger partial charge in [0.1, 0.15) is 0 Å². The average Bonchev–Trinajstić information content (AvgIpc) is 2.61. The Bertz CT molecular complexity index is 711. The van der Waals surface area contributed by atoms with Crippen LogP contribution in [0, 0.1) is 5.92 Å². The molecule has 1 heterocycles. The van der Waals surface area contributed by atoms with Gasteiger partial charge in [-0.3, -0.25) is 19.2 Å². The Morgan fingerprint density at radius 1 is 1.23 bits per heavy atom. The lowest BCUT2D eigenvalue weighted by atomic mass is 9.97. The number of rotatable bonds is 3. The van der Waals surface area contributed by atoms with Crippen LogP contribution < -0.4 is 10.6 Å². The minimum Gasteiger partial charge on any atom is -0.466 e. The minimum absolute atomic E-state index is 0.247. The molecule has 0 unspecified atom stereocenters. The van der Waals surface area contributed by atoms with E-state index in [1.165, 1.54) is 24.0 Å². The van der Waals surface area contributed by atoms with E-state index in [4.69, 9.17) is 10.5 Å². The molecule has 8 heteroatoms. The van der Waals surface area contributed by atoms with Crippen molar-refractivity contribution in [2.24, 2.45) is 5.92 Å². The maximum atomic E-state index is 12.6. The van der Waals surface area contributed by atoms with Crippen LogP contribution in [0.1, 0.15) is 26.7 Å². The van der Waals surface area contributed by atoms with Crippen LogP contribution in [0.3, 0.4) is 0 Å². The molecule has 1 fully saturated rings. The molecule has 0 saturated carbocycles. The van der Waals surface area contributed by atoms with Gasteiger partial charge in [0, 0.05) is 25.7 Å². The number of likely N-dealkylation sites (tertiary alicyclic amines) is 1. The third-order valence-electron chi connectivity index (χ3n) is 4.23. The molecule has 1 aromatic rings. The van der Waals surface area contributed by atoms with Gasteiger partial charge in [-0.05, 0) is 38.0 Å². The predicted molar refractivity (Wildman–Crippen MR) is 95.0 cm³/mol. The van der Waals surface area contributed by atoms with Crippen molar-refractivity contribution < 1.29 is 23.9 Å². The van der Waals surface area contributed by atoms with E-state index in [1.807, 2.05) is 0 Å². The van der Waals surface area contributed by atoms with E-state index in [2.05, 4.69) is 0 Å². The maximum Gasteiger partial charge on any atom is 0.323 e. The predicted octanol–water partition coefficient (Wildman–Crippen LogP) is 0.950. The molecule has 0 radical (unpaired) electrons. The van der Waals surface area contributed by atoms with Crippen LogP contribution in [0.2, 0.25) is 0 Å². The van der Waals surface area contributed by atoms with E-state index in [0.717, 1.165) is 4.90 Å². The monoisotopic (exact) mass is 361 g/mol. The first-order chi connectivity index (χ1) is 12.3. The summed E-state index contributed by atoms with van der Waals surface area (Å²) in [6.07, 6.45) is 0.854. The van der Waals surface area contributed by atoms with Gasteiger partial charge in [0.25, 0.3) is 0 Å². The summed E-state index contributed by atoms with van der Waals surface area (Å²) in [5.74, 6) is -2.83. The number of esters is 1. The molecule has 26 heavy (non-hydrogen) atoms. The Hall–Kier alpha value is -2.90. The number of nitrogen functional groups attached to an aromatic ring is 1. The molecule has 8 nitrogen and oxygen atoms in total. The second kappa shape index (κ2) is 8.46. The largest absolute Gasteiger partial charge is 0.466 e. The van der Waals surface area contributed by atoms with E-state index >= 15 is 0 Å². The molecule has 0 aromatic heterocycles. The third-order valence-corrected chi connectivity index (χ3v) is 4.23. The Labute approximate surface area is 151 Å². The molecule has 140 valence electrons. The van der Waals surface area contributed by atoms with Gasteiger partial charge in [-0.1, -0.05) is 6.07 Å². The number of piperidine rings is 1. The van der Waals surface area contributed by atoms with E-state index in [0.29, 0.717) is 25.1 Å². The summed E-state index contributed by atoms with van der Waals surface area (Å²) < 4.78 is 4.99. The van der Waals surface area contributed by atoms with Gasteiger partial charge >= 0.3 is 17.8 Å². The number of nitrogens with two attached hydrogens (primary N) is 1. The van der Waals surface area contributed by atoms with Crippen molar-refractivity contribution in [1.82, 2.24) is 4.90 Å². The highest BCUT2D eigenvalue weighted by Gasteiger charge is 2.34. The lowest BCUT2D eigenvalue weighted by Crippen LogP contribution is -2.50. The van der Waals surface area contributed by atoms with Gasteiger partial charge < -0.3 is 15.4 Å². The highest BCUT2D eigenvalue weighted by molar-refractivity contribution is 6.45. The highest BCUT2D eigenvalue weighted by atomic mass is 16.5. The fourth-order valence-electron chi connectivity index (χ4n) is 2.92. The van der Waals surface area contributed by atoms with Crippen molar-refractivity contribution in [3.63, 3.8) is 0 Å². The van der Waals surface area contributed by atoms with Gasteiger partial charge in [-0.15, -0.1) is 0 Å². The van der Waals surface area contributed by atoms with Crippen molar-refractivity contribution >= 4 is 35.1 Å². The number of amides is 3. The molecular formula is C18H23N3O5. The summed E-state index contributed by atoms with van der Waals surface area (Å²) in [4.78, 5) is 51.0. The van der Waals surface area contributed by atoms with Gasteiger partial charge in [-0.2, -0.15) is 0 Å². The molecule has 0 spiro atoms. The zero-order valence-corrected chi connectivity index (χ0v) is 14.9. The minimum atomic E-state index is -0.933. The van der Waals surface area contributed by atoms with Crippen molar-refractivity contribution in [2.45, 2.75) is 26.7 Å². The molecule has 0 bridgehead atoms. The second-order valence-electron chi connectivity index (χ2n) is 6.07. The summed E-state index contributed by atoms with van der Waals surface area (Å²) in [5.41, 5.74) is 6.32. The van der Waals surface area contributed by atoms with Crippen LogP contribution in [0.15, 0.2) is 24.3 Å². The van der Waals surface area contributed by atoms with E-state index in [1.54, 1.807) is 19.1 Å². The smallest absolute Gasteiger partial charge is 0.323 e. The number of nitrogens with zero attached hydrogens (tertiary/aromatic N) is 2. The molecule has 1 aliphatic heterocycles. The first kappa shape index (κ1) is 19.4. The first-order valence-corrected chi connectivity index (χ1v) is 8.51. The van der Waals surface area contributed by atoms with Gasteiger partial charge in [0.2, 0.25) is 5.91 Å². The number of imide groups is 1. The molecule has 0 aliphatic carbocycles. The average molecular weight is 361 g/mol. The van der Waals surface area contributed by atoms with Gasteiger partial charge in [0.05, 0.1) is 18.2 Å². The van der Waals surface area contributed by atoms with Crippen molar-refractivity contribution in [1.29, 1.82) is 0 Å². The molecule has 0 atom stereocenters. The van der Waals surface area contributed by atoms with Gasteiger partial charge in [0.15, 0.2) is 0 Å². The number of hydrogen-bond acceptors (Lipinski definition) is 6. The van der Waals surface area contributed by atoms with Crippen LogP contribution in [-0.2, 0) is 23.9 Å². The van der Waals surface area contributed by atoms with Crippen LogP contribution in [-0.4, -0.2) is 48.3 Å².